The minimum Gasteiger partial charge on any atom is -0.508 e. The number of phenols is 1. The summed E-state index contributed by atoms with van der Waals surface area (Å²) < 4.78 is 0. The molecule has 1 atom stereocenters. The lowest BCUT2D eigenvalue weighted by molar-refractivity contribution is -0.143. The molecule has 0 fully saturated rings. The minimum atomic E-state index is -0.999. The minimum absolute atomic E-state index is 0.0588. The van der Waals surface area contributed by atoms with Crippen molar-refractivity contribution in [1.82, 2.24) is 0 Å². The Morgan fingerprint density at radius 1 is 1.38 bits per heavy atom. The molecule has 1 rings (SSSR count). The summed E-state index contributed by atoms with van der Waals surface area (Å²) in [5.41, 5.74) is -0.502. The van der Waals surface area contributed by atoms with E-state index < -0.39 is 11.4 Å². The van der Waals surface area contributed by atoms with E-state index in [1.165, 1.54) is 6.07 Å². The Hall–Kier alpha value is -1.51. The maximum Gasteiger partial charge on any atom is 0.313 e. The van der Waals surface area contributed by atoms with E-state index in [4.69, 9.17) is 0 Å². The van der Waals surface area contributed by atoms with Crippen molar-refractivity contribution in [3.63, 3.8) is 0 Å². The molecule has 0 saturated carbocycles. The third-order valence-corrected chi connectivity index (χ3v) is 3.00. The molecule has 3 nitrogen and oxygen atoms in total. The van der Waals surface area contributed by atoms with Crippen molar-refractivity contribution in [3.05, 3.63) is 29.8 Å². The third-order valence-electron chi connectivity index (χ3n) is 3.00. The predicted molar refractivity (Wildman–Crippen MR) is 62.6 cm³/mol. The van der Waals surface area contributed by atoms with Crippen LogP contribution in [0.4, 0.5) is 0 Å². The molecule has 88 valence electrons. The Morgan fingerprint density at radius 3 is 2.50 bits per heavy atom. The van der Waals surface area contributed by atoms with Crippen LogP contribution in [0.15, 0.2) is 24.3 Å². The summed E-state index contributed by atoms with van der Waals surface area (Å²) in [6.45, 7) is 3.69. The quantitative estimate of drug-likeness (QED) is 0.805. The largest absolute Gasteiger partial charge is 0.508 e. The summed E-state index contributed by atoms with van der Waals surface area (Å²) in [6.07, 6.45) is 2.31. The fourth-order valence-electron chi connectivity index (χ4n) is 1.83. The van der Waals surface area contributed by atoms with Gasteiger partial charge in [-0.1, -0.05) is 38.0 Å². The first-order valence-corrected chi connectivity index (χ1v) is 5.54. The second kappa shape index (κ2) is 5.01. The van der Waals surface area contributed by atoms with E-state index in [0.29, 0.717) is 12.0 Å². The van der Waals surface area contributed by atoms with Gasteiger partial charge < -0.3 is 10.2 Å². The molecular weight excluding hydrogens is 204 g/mol. The molecule has 0 heterocycles. The number of rotatable bonds is 5. The summed E-state index contributed by atoms with van der Waals surface area (Å²) >= 11 is 0. The van der Waals surface area contributed by atoms with Crippen molar-refractivity contribution in [2.75, 3.05) is 0 Å². The molecule has 0 bridgehead atoms. The average molecular weight is 222 g/mol. The van der Waals surface area contributed by atoms with Crippen molar-refractivity contribution in [1.29, 1.82) is 0 Å². The SMILES string of the molecule is CCCCC(C)(C(=O)O)c1ccccc1O. The zero-order chi connectivity index (χ0) is 12.2. The maximum atomic E-state index is 11.4. The molecule has 0 aliphatic rings. The molecule has 0 aliphatic carbocycles. The van der Waals surface area contributed by atoms with Gasteiger partial charge in [0.1, 0.15) is 5.75 Å². The van der Waals surface area contributed by atoms with Gasteiger partial charge in [-0.2, -0.15) is 0 Å². The molecule has 1 aromatic carbocycles. The summed E-state index contributed by atoms with van der Waals surface area (Å²) in [4.78, 5) is 11.4. The smallest absolute Gasteiger partial charge is 0.313 e. The molecule has 0 aromatic heterocycles. The topological polar surface area (TPSA) is 57.5 Å². The van der Waals surface area contributed by atoms with Crippen LogP contribution < -0.4 is 0 Å². The van der Waals surface area contributed by atoms with Gasteiger partial charge in [0.25, 0.3) is 0 Å². The van der Waals surface area contributed by atoms with E-state index in [0.717, 1.165) is 12.8 Å². The molecule has 2 N–H and O–H groups in total. The Morgan fingerprint density at radius 2 is 2.00 bits per heavy atom. The van der Waals surface area contributed by atoms with Crippen molar-refractivity contribution in [2.45, 2.75) is 38.5 Å². The number of carboxylic acid groups (broad SMARTS) is 1. The monoisotopic (exact) mass is 222 g/mol. The number of hydrogen-bond acceptors (Lipinski definition) is 2. The molecule has 1 unspecified atom stereocenters. The Balaban J connectivity index is 3.11. The molecule has 0 radical (unpaired) electrons. The van der Waals surface area contributed by atoms with Crippen molar-refractivity contribution in [2.24, 2.45) is 0 Å². The number of unbranched alkanes of at least 4 members (excludes halogenated alkanes) is 1. The van der Waals surface area contributed by atoms with Crippen LogP contribution in [-0.4, -0.2) is 16.2 Å². The Kier molecular flexibility index (Phi) is 3.93. The molecule has 3 heteroatoms. The van der Waals surface area contributed by atoms with Crippen LogP contribution in [0.3, 0.4) is 0 Å². The fraction of sp³-hybridized carbons (Fsp3) is 0.462. The maximum absolute atomic E-state index is 11.4. The van der Waals surface area contributed by atoms with E-state index in [-0.39, 0.29) is 5.75 Å². The molecule has 16 heavy (non-hydrogen) atoms. The summed E-state index contributed by atoms with van der Waals surface area (Å²) in [5, 5.41) is 19.1. The summed E-state index contributed by atoms with van der Waals surface area (Å²) in [7, 11) is 0. The fourth-order valence-corrected chi connectivity index (χ4v) is 1.83. The average Bonchev–Trinajstić information content (AvgIpc) is 2.26. The molecule has 0 spiro atoms. The van der Waals surface area contributed by atoms with Crippen LogP contribution in [0, 0.1) is 0 Å². The van der Waals surface area contributed by atoms with Crippen LogP contribution in [0.1, 0.15) is 38.7 Å². The van der Waals surface area contributed by atoms with Crippen LogP contribution in [0.2, 0.25) is 0 Å². The standard InChI is InChI=1S/C13H18O3/c1-3-4-9-13(2,12(15)16)10-7-5-6-8-11(10)14/h5-8,14H,3-4,9H2,1-2H3,(H,15,16). The van der Waals surface area contributed by atoms with E-state index in [1.54, 1.807) is 25.1 Å². The van der Waals surface area contributed by atoms with E-state index >= 15 is 0 Å². The number of hydrogen-bond donors (Lipinski definition) is 2. The van der Waals surface area contributed by atoms with Gasteiger partial charge in [0.15, 0.2) is 0 Å². The second-order valence-corrected chi connectivity index (χ2v) is 4.26. The van der Waals surface area contributed by atoms with E-state index in [1.807, 2.05) is 6.92 Å². The highest BCUT2D eigenvalue weighted by Gasteiger charge is 2.36. The van der Waals surface area contributed by atoms with E-state index in [9.17, 15) is 15.0 Å². The number of phenolic OH excluding ortho intramolecular Hbond substituents is 1. The number of aliphatic carboxylic acids is 1. The van der Waals surface area contributed by atoms with Crippen LogP contribution in [0.25, 0.3) is 0 Å². The van der Waals surface area contributed by atoms with Gasteiger partial charge in [-0.05, 0) is 19.4 Å². The van der Waals surface area contributed by atoms with Gasteiger partial charge in [0.05, 0.1) is 5.41 Å². The van der Waals surface area contributed by atoms with Crippen molar-refractivity contribution >= 4 is 5.97 Å². The highest BCUT2D eigenvalue weighted by Crippen LogP contribution is 2.35. The number of para-hydroxylation sites is 1. The van der Waals surface area contributed by atoms with Crippen LogP contribution in [-0.2, 0) is 10.2 Å². The molecule has 0 saturated heterocycles. The van der Waals surface area contributed by atoms with Crippen LogP contribution >= 0.6 is 0 Å². The number of aromatic hydroxyl groups is 1. The number of benzene rings is 1. The van der Waals surface area contributed by atoms with Crippen molar-refractivity contribution < 1.29 is 15.0 Å². The number of carbonyl (C=O) groups is 1. The molecule has 0 amide bonds. The lowest BCUT2D eigenvalue weighted by Crippen LogP contribution is -2.32. The highest BCUT2D eigenvalue weighted by atomic mass is 16.4. The van der Waals surface area contributed by atoms with Crippen LogP contribution in [0.5, 0.6) is 5.75 Å². The zero-order valence-electron chi connectivity index (χ0n) is 9.73. The first-order chi connectivity index (χ1) is 7.52. The zero-order valence-corrected chi connectivity index (χ0v) is 9.73. The second-order valence-electron chi connectivity index (χ2n) is 4.26. The third kappa shape index (κ3) is 2.35. The van der Waals surface area contributed by atoms with Gasteiger partial charge >= 0.3 is 5.97 Å². The Bertz CT molecular complexity index is 373. The van der Waals surface area contributed by atoms with Gasteiger partial charge in [-0.15, -0.1) is 0 Å². The lowest BCUT2D eigenvalue weighted by atomic mass is 9.78. The highest BCUT2D eigenvalue weighted by molar-refractivity contribution is 5.81. The van der Waals surface area contributed by atoms with Crippen molar-refractivity contribution in [3.8, 4) is 5.75 Å². The molecular formula is C13H18O3. The first-order valence-electron chi connectivity index (χ1n) is 5.54. The summed E-state index contributed by atoms with van der Waals surface area (Å²) in [6, 6.07) is 6.66. The van der Waals surface area contributed by atoms with Gasteiger partial charge in [-0.25, -0.2) is 0 Å². The normalized spacial score (nSPS) is 14.4. The summed E-state index contributed by atoms with van der Waals surface area (Å²) in [5.74, 6) is -0.828. The van der Waals surface area contributed by atoms with Gasteiger partial charge in [0, 0.05) is 5.56 Å². The Labute approximate surface area is 95.7 Å². The van der Waals surface area contributed by atoms with Gasteiger partial charge in [-0.3, -0.25) is 4.79 Å². The van der Waals surface area contributed by atoms with E-state index in [2.05, 4.69) is 0 Å². The van der Waals surface area contributed by atoms with Gasteiger partial charge in [0.2, 0.25) is 0 Å². The number of carboxylic acids is 1. The lowest BCUT2D eigenvalue weighted by Gasteiger charge is -2.25. The molecule has 0 aliphatic heterocycles. The predicted octanol–water partition coefficient (Wildman–Crippen LogP) is 2.92. The first kappa shape index (κ1) is 12.6. The molecule has 1 aromatic rings.